The highest BCUT2D eigenvalue weighted by atomic mass is 16.5. The number of rotatable bonds is 6. The molecular weight excluding hydrogens is 320 g/mol. The molecule has 0 spiro atoms. The Hall–Kier alpha value is -1.80. The molecule has 0 amide bonds. The highest BCUT2D eigenvalue weighted by Gasteiger charge is 2.30. The van der Waals surface area contributed by atoms with E-state index in [-0.39, 0.29) is 12.0 Å². The third kappa shape index (κ3) is 3.74. The second-order valence-corrected chi connectivity index (χ2v) is 7.46. The van der Waals surface area contributed by atoms with Gasteiger partial charge in [0.25, 0.3) is 0 Å². The van der Waals surface area contributed by atoms with Gasteiger partial charge in [-0.05, 0) is 19.8 Å². The molecule has 8 heteroatoms. The first-order valence-electron chi connectivity index (χ1n) is 9.22. The maximum atomic E-state index is 5.45. The van der Waals surface area contributed by atoms with Gasteiger partial charge in [-0.3, -0.25) is 9.80 Å². The van der Waals surface area contributed by atoms with E-state index in [9.17, 15) is 0 Å². The Bertz CT molecular complexity index is 700. The fraction of sp³-hybridized carbons (Fsp3) is 0.765. The first-order chi connectivity index (χ1) is 12.1. The Morgan fingerprint density at radius 3 is 2.40 bits per heavy atom. The lowest BCUT2D eigenvalue weighted by atomic mass is 10.2. The number of piperazine rings is 1. The third-order valence-electron chi connectivity index (χ3n) is 5.06. The average molecular weight is 346 g/mol. The van der Waals surface area contributed by atoms with Crippen LogP contribution in [-0.4, -0.2) is 56.3 Å². The normalized spacial score (nSPS) is 21.1. The van der Waals surface area contributed by atoms with E-state index in [2.05, 4.69) is 50.9 Å². The van der Waals surface area contributed by atoms with Crippen LogP contribution in [0.5, 0.6) is 0 Å². The van der Waals surface area contributed by atoms with Gasteiger partial charge in [-0.25, -0.2) is 0 Å². The van der Waals surface area contributed by atoms with Gasteiger partial charge in [0.15, 0.2) is 11.6 Å². The Labute approximate surface area is 147 Å². The summed E-state index contributed by atoms with van der Waals surface area (Å²) < 4.78 is 10.8. The monoisotopic (exact) mass is 346 g/mol. The summed E-state index contributed by atoms with van der Waals surface area (Å²) in [5, 5.41) is 8.19. The van der Waals surface area contributed by atoms with E-state index in [0.717, 1.165) is 50.3 Å². The third-order valence-corrected chi connectivity index (χ3v) is 5.06. The SMILES string of the molecule is CC(C)c1noc([C@H](C)N2CCN(Cc3noc(C4CC4)n3)CC2)n1. The van der Waals surface area contributed by atoms with Gasteiger partial charge >= 0.3 is 0 Å². The van der Waals surface area contributed by atoms with E-state index in [1.54, 1.807) is 0 Å². The summed E-state index contributed by atoms with van der Waals surface area (Å²) in [5.74, 6) is 3.93. The van der Waals surface area contributed by atoms with Crippen molar-refractivity contribution in [3.05, 3.63) is 23.4 Å². The zero-order valence-electron chi connectivity index (χ0n) is 15.2. The zero-order valence-corrected chi connectivity index (χ0v) is 15.2. The number of nitrogens with zero attached hydrogens (tertiary/aromatic N) is 6. The van der Waals surface area contributed by atoms with Gasteiger partial charge in [0.2, 0.25) is 11.8 Å². The van der Waals surface area contributed by atoms with Crippen LogP contribution in [0.2, 0.25) is 0 Å². The Balaban J connectivity index is 1.29. The van der Waals surface area contributed by atoms with Crippen molar-refractivity contribution in [2.24, 2.45) is 0 Å². The molecule has 1 aliphatic heterocycles. The molecule has 136 valence electrons. The van der Waals surface area contributed by atoms with Crippen molar-refractivity contribution in [2.45, 2.75) is 58.0 Å². The highest BCUT2D eigenvalue weighted by Crippen LogP contribution is 2.38. The second-order valence-electron chi connectivity index (χ2n) is 7.46. The van der Waals surface area contributed by atoms with Crippen molar-refractivity contribution in [2.75, 3.05) is 26.2 Å². The Morgan fingerprint density at radius 1 is 1.00 bits per heavy atom. The van der Waals surface area contributed by atoms with Gasteiger partial charge < -0.3 is 9.05 Å². The van der Waals surface area contributed by atoms with E-state index in [1.807, 2.05) is 0 Å². The summed E-state index contributed by atoms with van der Waals surface area (Å²) in [4.78, 5) is 13.8. The van der Waals surface area contributed by atoms with Crippen molar-refractivity contribution in [3.8, 4) is 0 Å². The Morgan fingerprint density at radius 2 is 1.76 bits per heavy atom. The van der Waals surface area contributed by atoms with Crippen molar-refractivity contribution >= 4 is 0 Å². The smallest absolute Gasteiger partial charge is 0.243 e. The molecule has 1 saturated heterocycles. The summed E-state index contributed by atoms with van der Waals surface area (Å²) in [6.07, 6.45) is 2.37. The van der Waals surface area contributed by atoms with Crippen LogP contribution < -0.4 is 0 Å². The summed E-state index contributed by atoms with van der Waals surface area (Å²) in [7, 11) is 0. The maximum absolute atomic E-state index is 5.45. The first-order valence-corrected chi connectivity index (χ1v) is 9.22. The summed E-state index contributed by atoms with van der Waals surface area (Å²) in [5.41, 5.74) is 0. The topological polar surface area (TPSA) is 84.3 Å². The summed E-state index contributed by atoms with van der Waals surface area (Å²) in [6.45, 7) is 10.9. The maximum Gasteiger partial charge on any atom is 0.243 e. The molecule has 1 aliphatic carbocycles. The Kier molecular flexibility index (Phi) is 4.56. The second kappa shape index (κ2) is 6.84. The molecule has 0 N–H and O–H groups in total. The lowest BCUT2D eigenvalue weighted by Gasteiger charge is -2.36. The quantitative estimate of drug-likeness (QED) is 0.788. The van der Waals surface area contributed by atoms with Crippen LogP contribution >= 0.6 is 0 Å². The largest absolute Gasteiger partial charge is 0.339 e. The molecule has 25 heavy (non-hydrogen) atoms. The molecule has 2 fully saturated rings. The minimum Gasteiger partial charge on any atom is -0.339 e. The van der Waals surface area contributed by atoms with Gasteiger partial charge in [-0.1, -0.05) is 24.2 Å². The van der Waals surface area contributed by atoms with E-state index in [4.69, 9.17) is 9.05 Å². The van der Waals surface area contributed by atoms with Gasteiger partial charge in [-0.15, -0.1) is 0 Å². The van der Waals surface area contributed by atoms with Crippen LogP contribution in [0.1, 0.15) is 74.9 Å². The van der Waals surface area contributed by atoms with Crippen LogP contribution in [-0.2, 0) is 6.54 Å². The molecule has 0 bridgehead atoms. The molecule has 1 saturated carbocycles. The molecule has 1 atom stereocenters. The van der Waals surface area contributed by atoms with Crippen molar-refractivity contribution in [3.63, 3.8) is 0 Å². The van der Waals surface area contributed by atoms with E-state index >= 15 is 0 Å². The van der Waals surface area contributed by atoms with Crippen LogP contribution in [0.15, 0.2) is 9.05 Å². The van der Waals surface area contributed by atoms with Gasteiger partial charge in [-0.2, -0.15) is 9.97 Å². The molecule has 2 aromatic rings. The lowest BCUT2D eigenvalue weighted by Crippen LogP contribution is -2.46. The average Bonchev–Trinajstić information content (AvgIpc) is 3.15. The van der Waals surface area contributed by atoms with Crippen molar-refractivity contribution in [1.82, 2.24) is 30.1 Å². The molecule has 3 heterocycles. The predicted octanol–water partition coefficient (Wildman–Crippen LogP) is 2.33. The van der Waals surface area contributed by atoms with Crippen molar-refractivity contribution in [1.29, 1.82) is 0 Å². The fourth-order valence-electron chi connectivity index (χ4n) is 3.14. The summed E-state index contributed by atoms with van der Waals surface area (Å²) >= 11 is 0. The van der Waals surface area contributed by atoms with Gasteiger partial charge in [0.1, 0.15) is 0 Å². The molecular formula is C17H26N6O2. The van der Waals surface area contributed by atoms with Crippen LogP contribution in [0.3, 0.4) is 0 Å². The van der Waals surface area contributed by atoms with Crippen molar-refractivity contribution < 1.29 is 9.05 Å². The molecule has 0 radical (unpaired) electrons. The molecule has 0 aromatic carbocycles. The molecule has 2 aliphatic rings. The molecule has 2 aromatic heterocycles. The van der Waals surface area contributed by atoms with E-state index in [1.165, 1.54) is 12.8 Å². The number of hydrogen-bond donors (Lipinski definition) is 0. The molecule has 0 unspecified atom stereocenters. The van der Waals surface area contributed by atoms with Crippen LogP contribution in [0.25, 0.3) is 0 Å². The van der Waals surface area contributed by atoms with Crippen LogP contribution in [0, 0.1) is 0 Å². The van der Waals surface area contributed by atoms with E-state index < -0.39 is 0 Å². The number of hydrogen-bond acceptors (Lipinski definition) is 8. The zero-order chi connectivity index (χ0) is 17.4. The molecule has 4 rings (SSSR count). The fourth-order valence-corrected chi connectivity index (χ4v) is 3.14. The van der Waals surface area contributed by atoms with E-state index in [0.29, 0.717) is 11.8 Å². The molecule has 8 nitrogen and oxygen atoms in total. The first kappa shape index (κ1) is 16.7. The minimum atomic E-state index is 0.147. The summed E-state index contributed by atoms with van der Waals surface area (Å²) in [6, 6.07) is 0.147. The predicted molar refractivity (Wildman–Crippen MR) is 89.9 cm³/mol. The highest BCUT2D eigenvalue weighted by molar-refractivity contribution is 5.02. The lowest BCUT2D eigenvalue weighted by molar-refractivity contribution is 0.0827. The standard InChI is InChI=1S/C17H26N6O2/c1-11(2)15-19-16(24-21-15)12(3)23-8-6-22(7-9-23)10-14-18-17(25-20-14)13-4-5-13/h11-13H,4-10H2,1-3H3/t12-/m0/s1. The van der Waals surface area contributed by atoms with Crippen LogP contribution in [0.4, 0.5) is 0 Å². The van der Waals surface area contributed by atoms with Gasteiger partial charge in [0.05, 0.1) is 12.6 Å². The van der Waals surface area contributed by atoms with Gasteiger partial charge in [0, 0.05) is 38.0 Å². The number of aromatic nitrogens is 4. The minimum absolute atomic E-state index is 0.147.